The van der Waals surface area contributed by atoms with Gasteiger partial charge in [0.25, 0.3) is 0 Å². The van der Waals surface area contributed by atoms with Crippen LogP contribution < -0.4 is 0 Å². The van der Waals surface area contributed by atoms with E-state index >= 15 is 0 Å². The molecule has 0 saturated carbocycles. The number of benzene rings is 1. The van der Waals surface area contributed by atoms with Crippen LogP contribution in [0.15, 0.2) is 30.3 Å². The van der Waals surface area contributed by atoms with Gasteiger partial charge in [-0.3, -0.25) is 14.5 Å². The lowest BCUT2D eigenvalue weighted by molar-refractivity contribution is -0.154. The van der Waals surface area contributed by atoms with Gasteiger partial charge in [-0.2, -0.15) is 0 Å². The smallest absolute Gasteiger partial charge is 0.410 e. The summed E-state index contributed by atoms with van der Waals surface area (Å²) < 4.78 is 10.6. The standard InChI is InChI=1S/C22H32N2O5/c1-17-20(26)23(13-9-8-12-19(25)29-22(2,3)4)14-15-24(17)21(27)28-16-18-10-6-5-7-11-18/h5-7,10-11,17H,8-9,12-16H2,1-4H3/t17-/m0/s1. The van der Waals surface area contributed by atoms with Crippen molar-refractivity contribution in [2.45, 2.75) is 65.2 Å². The second-order valence-electron chi connectivity index (χ2n) is 8.28. The predicted octanol–water partition coefficient (Wildman–Crippen LogP) is 3.37. The average Bonchev–Trinajstić information content (AvgIpc) is 2.66. The molecule has 1 aliphatic rings. The highest BCUT2D eigenvalue weighted by atomic mass is 16.6. The largest absolute Gasteiger partial charge is 0.460 e. The highest BCUT2D eigenvalue weighted by molar-refractivity contribution is 5.86. The monoisotopic (exact) mass is 404 g/mol. The lowest BCUT2D eigenvalue weighted by Gasteiger charge is -2.38. The van der Waals surface area contributed by atoms with Crippen molar-refractivity contribution in [3.8, 4) is 0 Å². The molecule has 1 atom stereocenters. The SMILES string of the molecule is C[C@H]1C(=O)N(CCCCC(=O)OC(C)(C)C)CCN1C(=O)OCc1ccccc1. The van der Waals surface area contributed by atoms with Gasteiger partial charge in [0.2, 0.25) is 5.91 Å². The summed E-state index contributed by atoms with van der Waals surface area (Å²) in [6.07, 6.45) is 1.25. The number of carbonyl (C=O) groups is 3. The number of rotatable bonds is 7. The number of unbranched alkanes of at least 4 members (excludes halogenated alkanes) is 1. The molecule has 1 aromatic carbocycles. The van der Waals surface area contributed by atoms with Crippen molar-refractivity contribution >= 4 is 18.0 Å². The van der Waals surface area contributed by atoms with Crippen molar-refractivity contribution in [1.29, 1.82) is 0 Å². The molecule has 0 radical (unpaired) electrons. The van der Waals surface area contributed by atoms with E-state index < -0.39 is 17.7 Å². The molecule has 160 valence electrons. The normalized spacial score (nSPS) is 17.2. The van der Waals surface area contributed by atoms with Crippen molar-refractivity contribution < 1.29 is 23.9 Å². The topological polar surface area (TPSA) is 76.2 Å². The number of ether oxygens (including phenoxy) is 2. The Bertz CT molecular complexity index is 699. The van der Waals surface area contributed by atoms with E-state index in [1.807, 2.05) is 51.1 Å². The van der Waals surface area contributed by atoms with Gasteiger partial charge in [0.15, 0.2) is 0 Å². The van der Waals surface area contributed by atoms with Gasteiger partial charge in [0.05, 0.1) is 0 Å². The molecule has 0 unspecified atom stereocenters. The first kappa shape index (κ1) is 22.7. The summed E-state index contributed by atoms with van der Waals surface area (Å²) in [6, 6.07) is 8.89. The zero-order chi connectivity index (χ0) is 21.4. The van der Waals surface area contributed by atoms with Gasteiger partial charge in [-0.15, -0.1) is 0 Å². The predicted molar refractivity (Wildman–Crippen MR) is 109 cm³/mol. The van der Waals surface area contributed by atoms with E-state index in [0.717, 1.165) is 12.0 Å². The molecule has 2 rings (SSSR count). The number of hydrogen-bond donors (Lipinski definition) is 0. The van der Waals surface area contributed by atoms with Crippen LogP contribution in [0.4, 0.5) is 4.79 Å². The van der Waals surface area contributed by atoms with E-state index in [9.17, 15) is 14.4 Å². The maximum Gasteiger partial charge on any atom is 0.410 e. The van der Waals surface area contributed by atoms with Gasteiger partial charge in [-0.25, -0.2) is 4.79 Å². The van der Waals surface area contributed by atoms with Gasteiger partial charge < -0.3 is 14.4 Å². The molecule has 7 nitrogen and oxygen atoms in total. The quantitative estimate of drug-likeness (QED) is 0.514. The number of piperazine rings is 1. The first-order valence-electron chi connectivity index (χ1n) is 10.2. The summed E-state index contributed by atoms with van der Waals surface area (Å²) >= 11 is 0. The Labute approximate surface area is 172 Å². The van der Waals surface area contributed by atoms with Crippen LogP contribution in [0.2, 0.25) is 0 Å². The Balaban J connectivity index is 1.73. The Morgan fingerprint density at radius 2 is 1.79 bits per heavy atom. The molecule has 0 aliphatic carbocycles. The fraction of sp³-hybridized carbons (Fsp3) is 0.591. The summed E-state index contributed by atoms with van der Waals surface area (Å²) in [6.45, 7) is 8.91. The van der Waals surface area contributed by atoms with E-state index in [1.165, 1.54) is 4.90 Å². The summed E-state index contributed by atoms with van der Waals surface area (Å²) in [5.74, 6) is -0.312. The second kappa shape index (κ2) is 10.3. The van der Waals surface area contributed by atoms with Crippen LogP contribution in [0.25, 0.3) is 0 Å². The minimum atomic E-state index is -0.558. The number of esters is 1. The fourth-order valence-electron chi connectivity index (χ4n) is 3.17. The van der Waals surface area contributed by atoms with E-state index in [4.69, 9.17) is 9.47 Å². The Hall–Kier alpha value is -2.57. The minimum absolute atomic E-state index is 0.0924. The molecule has 2 amide bonds. The van der Waals surface area contributed by atoms with Crippen molar-refractivity contribution in [2.24, 2.45) is 0 Å². The van der Waals surface area contributed by atoms with Gasteiger partial charge >= 0.3 is 12.1 Å². The number of amides is 2. The van der Waals surface area contributed by atoms with Crippen LogP contribution in [-0.4, -0.2) is 59.0 Å². The third-order valence-corrected chi connectivity index (χ3v) is 4.67. The number of nitrogens with zero attached hydrogens (tertiary/aromatic N) is 2. The van der Waals surface area contributed by atoms with E-state index in [0.29, 0.717) is 32.5 Å². The van der Waals surface area contributed by atoms with Crippen LogP contribution >= 0.6 is 0 Å². The lowest BCUT2D eigenvalue weighted by Crippen LogP contribution is -2.57. The molecule has 0 aromatic heterocycles. The number of carbonyl (C=O) groups excluding carboxylic acids is 3. The molecule has 7 heteroatoms. The third kappa shape index (κ3) is 7.40. The van der Waals surface area contributed by atoms with Crippen LogP contribution in [0.3, 0.4) is 0 Å². The minimum Gasteiger partial charge on any atom is -0.460 e. The van der Waals surface area contributed by atoms with Crippen LogP contribution in [0.5, 0.6) is 0 Å². The molecule has 1 aliphatic heterocycles. The fourth-order valence-corrected chi connectivity index (χ4v) is 3.17. The summed E-state index contributed by atoms with van der Waals surface area (Å²) in [4.78, 5) is 40.0. The molecule has 1 heterocycles. The Morgan fingerprint density at radius 1 is 1.10 bits per heavy atom. The zero-order valence-electron chi connectivity index (χ0n) is 17.8. The van der Waals surface area contributed by atoms with E-state index in [2.05, 4.69) is 0 Å². The van der Waals surface area contributed by atoms with Crippen molar-refractivity contribution in [2.75, 3.05) is 19.6 Å². The second-order valence-corrected chi connectivity index (χ2v) is 8.28. The Morgan fingerprint density at radius 3 is 2.45 bits per heavy atom. The Kier molecular flexibility index (Phi) is 8.05. The average molecular weight is 405 g/mol. The molecule has 0 N–H and O–H groups in total. The molecule has 29 heavy (non-hydrogen) atoms. The van der Waals surface area contributed by atoms with Crippen LogP contribution in [0, 0.1) is 0 Å². The molecular formula is C22H32N2O5. The molecule has 0 spiro atoms. The van der Waals surface area contributed by atoms with Crippen molar-refractivity contribution in [3.05, 3.63) is 35.9 Å². The first-order chi connectivity index (χ1) is 13.7. The van der Waals surface area contributed by atoms with Crippen LogP contribution in [0.1, 0.15) is 52.5 Å². The zero-order valence-corrected chi connectivity index (χ0v) is 17.8. The maximum absolute atomic E-state index is 12.6. The van der Waals surface area contributed by atoms with Crippen molar-refractivity contribution in [1.82, 2.24) is 9.80 Å². The molecular weight excluding hydrogens is 372 g/mol. The van der Waals surface area contributed by atoms with Gasteiger partial charge in [-0.1, -0.05) is 30.3 Å². The molecule has 1 fully saturated rings. The summed E-state index contributed by atoms with van der Waals surface area (Å²) in [5, 5.41) is 0. The summed E-state index contributed by atoms with van der Waals surface area (Å²) in [5.41, 5.74) is 0.428. The third-order valence-electron chi connectivity index (χ3n) is 4.67. The van der Waals surface area contributed by atoms with Crippen LogP contribution in [-0.2, 0) is 25.7 Å². The molecule has 1 aromatic rings. The molecule has 1 saturated heterocycles. The van der Waals surface area contributed by atoms with Gasteiger partial charge in [-0.05, 0) is 46.1 Å². The number of hydrogen-bond acceptors (Lipinski definition) is 5. The van der Waals surface area contributed by atoms with E-state index in [-0.39, 0.29) is 18.5 Å². The molecule has 0 bridgehead atoms. The van der Waals surface area contributed by atoms with E-state index in [1.54, 1.807) is 11.8 Å². The first-order valence-corrected chi connectivity index (χ1v) is 10.2. The van der Waals surface area contributed by atoms with Crippen molar-refractivity contribution in [3.63, 3.8) is 0 Å². The maximum atomic E-state index is 12.6. The lowest BCUT2D eigenvalue weighted by atomic mass is 10.1. The highest BCUT2D eigenvalue weighted by Crippen LogP contribution is 2.15. The summed E-state index contributed by atoms with van der Waals surface area (Å²) in [7, 11) is 0. The van der Waals surface area contributed by atoms with Gasteiger partial charge in [0, 0.05) is 26.1 Å². The highest BCUT2D eigenvalue weighted by Gasteiger charge is 2.34. The van der Waals surface area contributed by atoms with Gasteiger partial charge in [0.1, 0.15) is 18.2 Å².